The second kappa shape index (κ2) is 5.93. The van der Waals surface area contributed by atoms with Crippen molar-refractivity contribution in [2.45, 2.75) is 13.2 Å². The fraction of sp³-hybridized carbons (Fsp3) is 0.250. The van der Waals surface area contributed by atoms with Crippen LogP contribution >= 0.6 is 0 Å². The number of hydrogen-bond acceptors (Lipinski definition) is 5. The lowest BCUT2D eigenvalue weighted by Gasteiger charge is -2.12. The number of phenolic OH excluding ortho intramolecular Hbond substituents is 1. The maximum atomic E-state index is 9.47. The Kier molecular flexibility index (Phi) is 3.83. The zero-order valence-corrected chi connectivity index (χ0v) is 11.8. The fourth-order valence-electron chi connectivity index (χ4n) is 2.24. The van der Waals surface area contributed by atoms with Crippen molar-refractivity contribution < 1.29 is 19.3 Å². The molecule has 0 aromatic heterocycles. The molecule has 0 fully saturated rings. The molecule has 0 bridgehead atoms. The highest BCUT2D eigenvalue weighted by atomic mass is 16.7. The fourth-order valence-corrected chi connectivity index (χ4v) is 2.24. The van der Waals surface area contributed by atoms with E-state index in [4.69, 9.17) is 14.2 Å². The molecule has 0 aliphatic carbocycles. The van der Waals surface area contributed by atoms with Gasteiger partial charge < -0.3 is 24.6 Å². The van der Waals surface area contributed by atoms with Gasteiger partial charge in [-0.25, -0.2) is 0 Å². The summed E-state index contributed by atoms with van der Waals surface area (Å²) in [5.41, 5.74) is 1.91. The smallest absolute Gasteiger partial charge is 0.231 e. The summed E-state index contributed by atoms with van der Waals surface area (Å²) in [4.78, 5) is 0. The number of rotatable bonds is 5. The van der Waals surface area contributed by atoms with Crippen molar-refractivity contribution >= 4 is 0 Å². The Morgan fingerprint density at radius 3 is 2.76 bits per heavy atom. The van der Waals surface area contributed by atoms with Crippen molar-refractivity contribution in [3.05, 3.63) is 47.5 Å². The number of benzene rings is 2. The number of phenols is 1. The summed E-state index contributed by atoms with van der Waals surface area (Å²) in [5, 5.41) is 12.6. The van der Waals surface area contributed by atoms with E-state index in [2.05, 4.69) is 5.32 Å². The molecule has 3 rings (SSSR count). The van der Waals surface area contributed by atoms with Crippen LogP contribution in [0.5, 0.6) is 23.0 Å². The van der Waals surface area contributed by atoms with E-state index in [1.54, 1.807) is 18.2 Å². The molecule has 1 aliphatic heterocycles. The summed E-state index contributed by atoms with van der Waals surface area (Å²) in [6, 6.07) is 10.8. The van der Waals surface area contributed by atoms with E-state index in [0.717, 1.165) is 22.6 Å². The predicted octanol–water partition coefficient (Wildman–Crippen LogP) is 2.42. The summed E-state index contributed by atoms with van der Waals surface area (Å²) >= 11 is 0. The second-order valence-corrected chi connectivity index (χ2v) is 4.80. The highest BCUT2D eigenvalue weighted by Gasteiger charge is 2.17. The Bertz CT molecular complexity index is 642. The lowest BCUT2D eigenvalue weighted by atomic mass is 10.1. The zero-order valence-electron chi connectivity index (χ0n) is 11.8. The largest absolute Gasteiger partial charge is 0.508 e. The molecule has 21 heavy (non-hydrogen) atoms. The third-order valence-corrected chi connectivity index (χ3v) is 3.23. The Morgan fingerprint density at radius 1 is 1.19 bits per heavy atom. The van der Waals surface area contributed by atoms with Crippen LogP contribution in [-0.4, -0.2) is 18.9 Å². The van der Waals surface area contributed by atoms with Crippen LogP contribution in [0.1, 0.15) is 11.1 Å². The summed E-state index contributed by atoms with van der Waals surface area (Å²) in [6.45, 7) is 1.29. The number of aromatic hydroxyl groups is 1. The average molecular weight is 287 g/mol. The normalized spacial score (nSPS) is 12.4. The highest BCUT2D eigenvalue weighted by Crippen LogP contribution is 2.38. The van der Waals surface area contributed by atoms with Gasteiger partial charge in [-0.05, 0) is 30.8 Å². The van der Waals surface area contributed by atoms with Crippen LogP contribution in [0.2, 0.25) is 0 Å². The molecule has 1 aliphatic rings. The lowest BCUT2D eigenvalue weighted by Crippen LogP contribution is -2.07. The van der Waals surface area contributed by atoms with Gasteiger partial charge in [0.15, 0.2) is 11.5 Å². The molecule has 0 unspecified atom stereocenters. The molecule has 0 saturated heterocycles. The number of fused-ring (bicyclic) bond motifs is 1. The van der Waals surface area contributed by atoms with Crippen LogP contribution in [0, 0.1) is 0 Å². The molecule has 1 heterocycles. The molecular formula is C16H17NO4. The van der Waals surface area contributed by atoms with Gasteiger partial charge in [-0.2, -0.15) is 0 Å². The third kappa shape index (κ3) is 3.03. The molecule has 5 nitrogen and oxygen atoms in total. The Hall–Kier alpha value is -2.40. The van der Waals surface area contributed by atoms with E-state index in [0.29, 0.717) is 18.9 Å². The first-order valence-electron chi connectivity index (χ1n) is 6.74. The minimum atomic E-state index is 0.234. The minimum Gasteiger partial charge on any atom is -0.508 e. The highest BCUT2D eigenvalue weighted by molar-refractivity contribution is 5.51. The van der Waals surface area contributed by atoms with E-state index >= 15 is 0 Å². The molecule has 2 aromatic rings. The quantitative estimate of drug-likeness (QED) is 0.884. The van der Waals surface area contributed by atoms with E-state index in [9.17, 15) is 5.11 Å². The Morgan fingerprint density at radius 2 is 2.00 bits per heavy atom. The molecular weight excluding hydrogens is 270 g/mol. The van der Waals surface area contributed by atoms with Gasteiger partial charge in [0.1, 0.15) is 18.1 Å². The van der Waals surface area contributed by atoms with Crippen molar-refractivity contribution in [1.82, 2.24) is 5.32 Å². The molecule has 2 aromatic carbocycles. The minimum absolute atomic E-state index is 0.234. The SMILES string of the molecule is CNCc1cc2c(cc1OCc1cccc(O)c1)OCO2. The monoisotopic (exact) mass is 287 g/mol. The maximum Gasteiger partial charge on any atom is 0.231 e. The van der Waals surface area contributed by atoms with Crippen LogP contribution in [0.4, 0.5) is 0 Å². The summed E-state index contributed by atoms with van der Waals surface area (Å²) < 4.78 is 16.6. The first kappa shape index (κ1) is 13.6. The van der Waals surface area contributed by atoms with E-state index < -0.39 is 0 Å². The van der Waals surface area contributed by atoms with Gasteiger partial charge in [0.25, 0.3) is 0 Å². The molecule has 0 saturated carbocycles. The summed E-state index contributed by atoms with van der Waals surface area (Å²) in [5.74, 6) is 2.42. The third-order valence-electron chi connectivity index (χ3n) is 3.23. The first-order valence-corrected chi connectivity index (χ1v) is 6.74. The van der Waals surface area contributed by atoms with Crippen LogP contribution in [0.3, 0.4) is 0 Å². The molecule has 0 radical (unpaired) electrons. The van der Waals surface area contributed by atoms with Crippen molar-refractivity contribution in [3.63, 3.8) is 0 Å². The van der Waals surface area contributed by atoms with Crippen LogP contribution in [0.25, 0.3) is 0 Å². The van der Waals surface area contributed by atoms with Crippen LogP contribution < -0.4 is 19.5 Å². The van der Waals surface area contributed by atoms with Crippen molar-refractivity contribution in [1.29, 1.82) is 0 Å². The van der Waals surface area contributed by atoms with E-state index in [1.807, 2.05) is 25.2 Å². The number of hydrogen-bond donors (Lipinski definition) is 2. The van der Waals surface area contributed by atoms with Gasteiger partial charge in [-0.15, -0.1) is 0 Å². The van der Waals surface area contributed by atoms with Crippen molar-refractivity contribution in [2.75, 3.05) is 13.8 Å². The van der Waals surface area contributed by atoms with Gasteiger partial charge in [-0.3, -0.25) is 0 Å². The number of ether oxygens (including phenoxy) is 3. The lowest BCUT2D eigenvalue weighted by molar-refractivity contribution is 0.173. The van der Waals surface area contributed by atoms with Crippen molar-refractivity contribution in [2.24, 2.45) is 0 Å². The first-order chi connectivity index (χ1) is 10.3. The van der Waals surface area contributed by atoms with Gasteiger partial charge in [0.2, 0.25) is 6.79 Å². The molecule has 0 atom stereocenters. The Labute approximate surface area is 123 Å². The van der Waals surface area contributed by atoms with Crippen molar-refractivity contribution in [3.8, 4) is 23.0 Å². The van der Waals surface area contributed by atoms with Crippen LogP contribution in [-0.2, 0) is 13.2 Å². The molecule has 0 amide bonds. The molecule has 110 valence electrons. The Balaban J connectivity index is 1.80. The summed E-state index contributed by atoms with van der Waals surface area (Å²) in [6.07, 6.45) is 0. The molecule has 2 N–H and O–H groups in total. The average Bonchev–Trinajstić information content (AvgIpc) is 2.92. The predicted molar refractivity (Wildman–Crippen MR) is 77.8 cm³/mol. The van der Waals surface area contributed by atoms with E-state index in [1.165, 1.54) is 0 Å². The van der Waals surface area contributed by atoms with Gasteiger partial charge in [0, 0.05) is 18.2 Å². The molecule has 5 heteroatoms. The maximum absolute atomic E-state index is 9.47. The van der Waals surface area contributed by atoms with E-state index in [-0.39, 0.29) is 12.5 Å². The van der Waals surface area contributed by atoms with Gasteiger partial charge in [-0.1, -0.05) is 12.1 Å². The number of nitrogens with one attached hydrogen (secondary N) is 1. The van der Waals surface area contributed by atoms with Gasteiger partial charge in [0.05, 0.1) is 0 Å². The zero-order chi connectivity index (χ0) is 14.7. The summed E-state index contributed by atoms with van der Waals surface area (Å²) in [7, 11) is 1.88. The second-order valence-electron chi connectivity index (χ2n) is 4.80. The topological polar surface area (TPSA) is 60.0 Å². The standard InChI is InChI=1S/C16H17NO4/c1-17-8-12-6-15-16(21-10-20-15)7-14(12)19-9-11-3-2-4-13(18)5-11/h2-7,17-18H,8-10H2,1H3. The molecule has 0 spiro atoms. The van der Waals surface area contributed by atoms with Gasteiger partial charge >= 0.3 is 0 Å². The van der Waals surface area contributed by atoms with Crippen LogP contribution in [0.15, 0.2) is 36.4 Å².